The molecule has 2 fully saturated rings. The van der Waals surface area contributed by atoms with Crippen molar-refractivity contribution in [3.63, 3.8) is 0 Å². The van der Waals surface area contributed by atoms with Gasteiger partial charge in [0.25, 0.3) is 5.91 Å². The van der Waals surface area contributed by atoms with Crippen LogP contribution in [-0.2, 0) is 16.1 Å². The van der Waals surface area contributed by atoms with Crippen LogP contribution in [0.15, 0.2) is 91.6 Å². The highest BCUT2D eigenvalue weighted by atomic mass is 16.7. The molecule has 3 atom stereocenters. The second kappa shape index (κ2) is 13.6. The highest BCUT2D eigenvalue weighted by Crippen LogP contribution is 2.39. The summed E-state index contributed by atoms with van der Waals surface area (Å²) in [5.74, 6) is -0.336. The van der Waals surface area contributed by atoms with E-state index in [0.717, 1.165) is 35.3 Å². The summed E-state index contributed by atoms with van der Waals surface area (Å²) >= 11 is 0. The third-order valence-electron chi connectivity index (χ3n) is 8.36. The average Bonchev–Trinajstić information content (AvgIpc) is 3.60. The van der Waals surface area contributed by atoms with Gasteiger partial charge in [-0.3, -0.25) is 14.7 Å². The lowest BCUT2D eigenvalue weighted by atomic mass is 9.99. The van der Waals surface area contributed by atoms with Crippen molar-refractivity contribution in [2.24, 2.45) is 0 Å². The maximum atomic E-state index is 13.1. The molecule has 1 saturated heterocycles. The molecule has 1 aliphatic heterocycles. The molecule has 222 valence electrons. The Morgan fingerprint density at radius 3 is 2.56 bits per heavy atom. The summed E-state index contributed by atoms with van der Waals surface area (Å²) in [5, 5.41) is 12.5. The van der Waals surface area contributed by atoms with Gasteiger partial charge in [-0.2, -0.15) is 0 Å². The third-order valence-corrected chi connectivity index (χ3v) is 8.36. The summed E-state index contributed by atoms with van der Waals surface area (Å²) < 4.78 is 13.2. The summed E-state index contributed by atoms with van der Waals surface area (Å²) in [6.07, 6.45) is 8.25. The van der Waals surface area contributed by atoms with Crippen molar-refractivity contribution in [2.45, 2.75) is 63.3 Å². The van der Waals surface area contributed by atoms with Crippen LogP contribution in [0.2, 0.25) is 0 Å². The minimum atomic E-state index is -0.618. The Kier molecular flexibility index (Phi) is 9.19. The van der Waals surface area contributed by atoms with Crippen LogP contribution < -0.4 is 5.32 Å². The molecule has 43 heavy (non-hydrogen) atoms. The summed E-state index contributed by atoms with van der Waals surface area (Å²) in [4.78, 5) is 24.4. The molecule has 1 aromatic heterocycles. The number of aliphatic hydroxyl groups is 1. The van der Waals surface area contributed by atoms with E-state index in [4.69, 9.17) is 9.47 Å². The van der Waals surface area contributed by atoms with E-state index in [2.05, 4.69) is 26.8 Å². The Morgan fingerprint density at radius 2 is 1.79 bits per heavy atom. The fraction of sp³-hybridized carbons (Fsp3) is 0.343. The van der Waals surface area contributed by atoms with Gasteiger partial charge in [0.05, 0.1) is 36.0 Å². The second-order valence-corrected chi connectivity index (χ2v) is 11.4. The fourth-order valence-corrected chi connectivity index (χ4v) is 6.13. The topological polar surface area (TPSA) is 96.8 Å². The van der Waals surface area contributed by atoms with Crippen molar-refractivity contribution < 1.29 is 19.4 Å². The zero-order chi connectivity index (χ0) is 29.6. The first-order chi connectivity index (χ1) is 21.1. The number of nitrogens with one attached hydrogen (secondary N) is 1. The molecule has 1 amide bonds. The Balaban J connectivity index is 1.22. The molecule has 0 bridgehead atoms. The van der Waals surface area contributed by atoms with Crippen LogP contribution in [0, 0.1) is 0 Å². The first-order valence-electron chi connectivity index (χ1n) is 15.1. The van der Waals surface area contributed by atoms with Gasteiger partial charge in [-0.15, -0.1) is 6.58 Å². The van der Waals surface area contributed by atoms with E-state index >= 15 is 0 Å². The summed E-state index contributed by atoms with van der Waals surface area (Å²) in [6.45, 7) is 5.62. The number of para-hydroxylation sites is 2. The van der Waals surface area contributed by atoms with E-state index in [1.54, 1.807) is 0 Å². The molecule has 2 aliphatic rings. The number of rotatable bonds is 10. The molecule has 3 aromatic carbocycles. The molecular weight excluding hydrogens is 540 g/mol. The SMILES string of the molecule is C=CCN(CC1CC(c2ccc(CO)cc2)OC(c2cccc(NC(=O)c3cnc4ccccc4n3)c2)O1)C1CCCC1. The van der Waals surface area contributed by atoms with Gasteiger partial charge in [-0.25, -0.2) is 4.98 Å². The Labute approximate surface area is 252 Å². The van der Waals surface area contributed by atoms with Crippen LogP contribution in [-0.4, -0.2) is 51.1 Å². The number of fused-ring (bicyclic) bond motifs is 1. The molecule has 1 aliphatic carbocycles. The number of aliphatic hydroxyl groups excluding tert-OH is 1. The largest absolute Gasteiger partial charge is 0.392 e. The van der Waals surface area contributed by atoms with Crippen LogP contribution in [0.25, 0.3) is 11.0 Å². The van der Waals surface area contributed by atoms with Crippen LogP contribution in [0.4, 0.5) is 5.69 Å². The minimum Gasteiger partial charge on any atom is -0.392 e. The number of carbonyl (C=O) groups is 1. The number of amides is 1. The molecule has 4 aromatic rings. The van der Waals surface area contributed by atoms with Crippen molar-refractivity contribution in [2.75, 3.05) is 18.4 Å². The van der Waals surface area contributed by atoms with Crippen molar-refractivity contribution in [1.29, 1.82) is 0 Å². The van der Waals surface area contributed by atoms with Crippen LogP contribution in [0.1, 0.15) is 71.7 Å². The number of aromatic nitrogens is 2. The van der Waals surface area contributed by atoms with E-state index in [0.29, 0.717) is 23.7 Å². The van der Waals surface area contributed by atoms with Crippen molar-refractivity contribution >= 4 is 22.6 Å². The molecule has 3 unspecified atom stereocenters. The lowest BCUT2D eigenvalue weighted by molar-refractivity contribution is -0.253. The van der Waals surface area contributed by atoms with Gasteiger partial charge in [0.1, 0.15) is 5.69 Å². The zero-order valence-electron chi connectivity index (χ0n) is 24.3. The lowest BCUT2D eigenvalue weighted by Gasteiger charge is -2.39. The Morgan fingerprint density at radius 1 is 1.00 bits per heavy atom. The van der Waals surface area contributed by atoms with Gasteiger partial charge in [0.15, 0.2) is 6.29 Å². The van der Waals surface area contributed by atoms with Gasteiger partial charge >= 0.3 is 0 Å². The highest BCUT2D eigenvalue weighted by Gasteiger charge is 2.34. The normalized spacial score (nSPS) is 20.8. The smallest absolute Gasteiger partial charge is 0.275 e. The molecular formula is C35H38N4O4. The number of benzene rings is 3. The predicted molar refractivity (Wildman–Crippen MR) is 166 cm³/mol. The average molecular weight is 579 g/mol. The zero-order valence-corrected chi connectivity index (χ0v) is 24.3. The van der Waals surface area contributed by atoms with E-state index < -0.39 is 6.29 Å². The number of carbonyl (C=O) groups excluding carboxylic acids is 1. The van der Waals surface area contributed by atoms with Crippen molar-refractivity contribution in [3.05, 3.63) is 114 Å². The molecule has 0 radical (unpaired) electrons. The molecule has 2 N–H and O–H groups in total. The van der Waals surface area contributed by atoms with Crippen molar-refractivity contribution in [3.8, 4) is 0 Å². The second-order valence-electron chi connectivity index (χ2n) is 11.4. The van der Waals surface area contributed by atoms with E-state index in [1.165, 1.54) is 31.9 Å². The monoisotopic (exact) mass is 578 g/mol. The number of nitrogens with zero attached hydrogens (tertiary/aromatic N) is 3. The van der Waals surface area contributed by atoms with Crippen LogP contribution >= 0.6 is 0 Å². The highest BCUT2D eigenvalue weighted by molar-refractivity contribution is 6.03. The lowest BCUT2D eigenvalue weighted by Crippen LogP contribution is -2.43. The van der Waals surface area contributed by atoms with Gasteiger partial charge in [-0.05, 0) is 48.2 Å². The Bertz CT molecular complexity index is 1550. The third kappa shape index (κ3) is 7.00. The molecule has 6 rings (SSSR count). The first kappa shape index (κ1) is 29.1. The quantitative estimate of drug-likeness (QED) is 0.212. The van der Waals surface area contributed by atoms with Gasteiger partial charge in [-0.1, -0.05) is 67.4 Å². The van der Waals surface area contributed by atoms with E-state index in [9.17, 15) is 9.90 Å². The van der Waals surface area contributed by atoms with Gasteiger partial charge in [0.2, 0.25) is 0 Å². The summed E-state index contributed by atoms with van der Waals surface area (Å²) in [5.41, 5.74) is 5.00. The first-order valence-corrected chi connectivity index (χ1v) is 15.1. The molecule has 8 heteroatoms. The summed E-state index contributed by atoms with van der Waals surface area (Å²) in [7, 11) is 0. The Hall–Kier alpha value is -3.95. The minimum absolute atomic E-state index is 0.00136. The molecule has 8 nitrogen and oxygen atoms in total. The van der Waals surface area contributed by atoms with E-state index in [-0.39, 0.29) is 30.4 Å². The number of ether oxygens (including phenoxy) is 2. The van der Waals surface area contributed by atoms with Gasteiger partial charge in [0, 0.05) is 36.8 Å². The number of hydrogen-bond donors (Lipinski definition) is 2. The van der Waals surface area contributed by atoms with Crippen LogP contribution in [0.5, 0.6) is 0 Å². The summed E-state index contributed by atoms with van der Waals surface area (Å²) in [6, 6.07) is 23.5. The maximum absolute atomic E-state index is 13.1. The van der Waals surface area contributed by atoms with Gasteiger partial charge < -0.3 is 19.9 Å². The standard InChI is InChI=1S/C35H38N4O4/c1-2-18-39(28-10-3-4-11-28)22-29-20-33(25-16-14-24(23-40)15-17-25)43-35(42-29)26-8-7-9-27(19-26)37-34(41)32-21-36-30-12-5-6-13-31(30)38-32/h2,5-9,12-17,19,21,28-29,33,35,40H,1,3-4,10-11,18,20,22-23H2,(H,37,41). The number of anilines is 1. The maximum Gasteiger partial charge on any atom is 0.275 e. The van der Waals surface area contributed by atoms with Crippen LogP contribution in [0.3, 0.4) is 0 Å². The fourth-order valence-electron chi connectivity index (χ4n) is 6.13. The molecule has 2 heterocycles. The van der Waals surface area contributed by atoms with E-state index in [1.807, 2.05) is 78.9 Å². The molecule has 1 saturated carbocycles. The molecule has 0 spiro atoms. The number of hydrogen-bond acceptors (Lipinski definition) is 7. The predicted octanol–water partition coefficient (Wildman–Crippen LogP) is 6.35. The van der Waals surface area contributed by atoms with Crippen molar-refractivity contribution in [1.82, 2.24) is 14.9 Å².